The van der Waals surface area contributed by atoms with Gasteiger partial charge in [0, 0.05) is 6.61 Å². The first-order chi connectivity index (χ1) is 5.68. The third-order valence-corrected chi connectivity index (χ3v) is 1.64. The summed E-state index contributed by atoms with van der Waals surface area (Å²) in [6.45, 7) is 6.85. The van der Waals surface area contributed by atoms with Gasteiger partial charge in [-0.1, -0.05) is 13.3 Å². The highest BCUT2D eigenvalue weighted by Gasteiger charge is 2.23. The van der Waals surface area contributed by atoms with E-state index in [1.54, 1.807) is 6.92 Å². The normalized spacial score (nSPS) is 16.0. The van der Waals surface area contributed by atoms with Crippen LogP contribution in [0, 0.1) is 0 Å². The highest BCUT2D eigenvalue weighted by molar-refractivity contribution is 4.59. The molecule has 0 fully saturated rings. The minimum atomic E-state index is -0.802. The van der Waals surface area contributed by atoms with Crippen molar-refractivity contribution >= 4 is 0 Å². The van der Waals surface area contributed by atoms with Crippen molar-refractivity contribution in [3.8, 4) is 0 Å². The smallest absolute Gasteiger partial charge is 0.188 e. The van der Waals surface area contributed by atoms with Crippen LogP contribution in [0.3, 0.4) is 0 Å². The summed E-state index contributed by atoms with van der Waals surface area (Å²) in [5, 5.41) is 8.97. The number of aliphatic hydroxyl groups is 1. The van der Waals surface area contributed by atoms with Crippen molar-refractivity contribution in [2.45, 2.75) is 39.4 Å². The Bertz CT molecular complexity index is 106. The maximum absolute atomic E-state index is 8.97. The molecule has 0 saturated carbocycles. The van der Waals surface area contributed by atoms with E-state index in [0.29, 0.717) is 13.2 Å². The molecule has 1 N–H and O–H groups in total. The Hall–Kier alpha value is -0.120. The van der Waals surface area contributed by atoms with Crippen LogP contribution in [0.1, 0.15) is 33.6 Å². The Morgan fingerprint density at radius 3 is 2.33 bits per heavy atom. The molecule has 0 aromatic carbocycles. The first kappa shape index (κ1) is 11.9. The molecule has 0 amide bonds. The summed E-state index contributed by atoms with van der Waals surface area (Å²) in [6, 6.07) is 0. The maximum Gasteiger partial charge on any atom is 0.188 e. The molecule has 0 saturated heterocycles. The average Bonchev–Trinajstić information content (AvgIpc) is 2.06. The Balaban J connectivity index is 3.63. The molecule has 0 radical (unpaired) electrons. The summed E-state index contributed by atoms with van der Waals surface area (Å²) >= 11 is 0. The van der Waals surface area contributed by atoms with E-state index in [9.17, 15) is 0 Å². The molecule has 0 bridgehead atoms. The third-order valence-electron chi connectivity index (χ3n) is 1.64. The van der Waals surface area contributed by atoms with Crippen molar-refractivity contribution in [2.75, 3.05) is 19.8 Å². The van der Waals surface area contributed by atoms with Crippen LogP contribution in [0.2, 0.25) is 0 Å². The van der Waals surface area contributed by atoms with Crippen LogP contribution in [0.25, 0.3) is 0 Å². The lowest BCUT2D eigenvalue weighted by molar-refractivity contribution is -0.241. The molecule has 74 valence electrons. The van der Waals surface area contributed by atoms with Crippen molar-refractivity contribution in [2.24, 2.45) is 0 Å². The van der Waals surface area contributed by atoms with Crippen LogP contribution >= 0.6 is 0 Å². The number of unbranched alkanes of at least 4 members (excludes halogenated alkanes) is 1. The summed E-state index contributed by atoms with van der Waals surface area (Å²) in [4.78, 5) is 0. The molecule has 3 nitrogen and oxygen atoms in total. The number of rotatable bonds is 7. The topological polar surface area (TPSA) is 38.7 Å². The lowest BCUT2D eigenvalue weighted by atomic mass is 10.3. The zero-order chi connectivity index (χ0) is 9.45. The molecule has 0 aliphatic heterocycles. The number of ether oxygens (including phenoxy) is 2. The van der Waals surface area contributed by atoms with Gasteiger partial charge >= 0.3 is 0 Å². The summed E-state index contributed by atoms with van der Waals surface area (Å²) in [5.41, 5.74) is 0. The van der Waals surface area contributed by atoms with Crippen molar-refractivity contribution < 1.29 is 14.6 Å². The molecule has 0 heterocycles. The minimum Gasteiger partial charge on any atom is -0.391 e. The van der Waals surface area contributed by atoms with Crippen LogP contribution in [0.4, 0.5) is 0 Å². The van der Waals surface area contributed by atoms with Gasteiger partial charge in [-0.25, -0.2) is 0 Å². The minimum absolute atomic E-state index is 0.0927. The van der Waals surface area contributed by atoms with Crippen LogP contribution in [-0.2, 0) is 9.47 Å². The van der Waals surface area contributed by atoms with Crippen molar-refractivity contribution in [3.63, 3.8) is 0 Å². The van der Waals surface area contributed by atoms with E-state index in [2.05, 4.69) is 6.92 Å². The van der Waals surface area contributed by atoms with Gasteiger partial charge in [0.05, 0.1) is 13.2 Å². The van der Waals surface area contributed by atoms with Crippen molar-refractivity contribution in [1.82, 2.24) is 0 Å². The highest BCUT2D eigenvalue weighted by atomic mass is 16.7. The maximum atomic E-state index is 8.97. The van der Waals surface area contributed by atoms with Gasteiger partial charge < -0.3 is 14.6 Å². The third kappa shape index (κ3) is 4.70. The van der Waals surface area contributed by atoms with Crippen LogP contribution in [0.5, 0.6) is 0 Å². The molecule has 0 aliphatic carbocycles. The monoisotopic (exact) mass is 176 g/mol. The van der Waals surface area contributed by atoms with E-state index in [1.807, 2.05) is 6.92 Å². The molecule has 0 rings (SSSR count). The van der Waals surface area contributed by atoms with Gasteiger partial charge in [-0.3, -0.25) is 0 Å². The van der Waals surface area contributed by atoms with E-state index in [-0.39, 0.29) is 6.61 Å². The van der Waals surface area contributed by atoms with Gasteiger partial charge in [-0.15, -0.1) is 0 Å². The van der Waals surface area contributed by atoms with Crippen LogP contribution in [-0.4, -0.2) is 30.7 Å². The van der Waals surface area contributed by atoms with Gasteiger partial charge in [0.25, 0.3) is 0 Å². The van der Waals surface area contributed by atoms with Crippen molar-refractivity contribution in [3.05, 3.63) is 0 Å². The molecule has 0 spiro atoms. The number of aliphatic hydroxyl groups excluding tert-OH is 1. The predicted octanol–water partition coefficient (Wildman–Crippen LogP) is 1.55. The van der Waals surface area contributed by atoms with E-state index in [1.165, 1.54) is 0 Å². The molecule has 0 aliphatic rings. The van der Waals surface area contributed by atoms with Gasteiger partial charge in [-0.2, -0.15) is 0 Å². The Kier molecular flexibility index (Phi) is 6.34. The van der Waals surface area contributed by atoms with Crippen LogP contribution in [0.15, 0.2) is 0 Å². The zero-order valence-electron chi connectivity index (χ0n) is 8.30. The molecule has 1 unspecified atom stereocenters. The molecule has 0 aromatic rings. The van der Waals surface area contributed by atoms with Gasteiger partial charge in [0.2, 0.25) is 0 Å². The fraction of sp³-hybridized carbons (Fsp3) is 1.00. The Morgan fingerprint density at radius 1 is 1.25 bits per heavy atom. The molecular weight excluding hydrogens is 156 g/mol. The second-order valence-electron chi connectivity index (χ2n) is 2.93. The van der Waals surface area contributed by atoms with E-state index in [0.717, 1.165) is 12.8 Å². The SMILES string of the molecule is CCCCOC(C)(CO)OCC. The summed E-state index contributed by atoms with van der Waals surface area (Å²) < 4.78 is 10.6. The highest BCUT2D eigenvalue weighted by Crippen LogP contribution is 2.11. The molecule has 0 aromatic heterocycles. The molecular formula is C9H20O3. The second kappa shape index (κ2) is 6.40. The lowest BCUT2D eigenvalue weighted by Crippen LogP contribution is -2.36. The Morgan fingerprint density at radius 2 is 1.92 bits per heavy atom. The fourth-order valence-corrected chi connectivity index (χ4v) is 0.871. The van der Waals surface area contributed by atoms with E-state index in [4.69, 9.17) is 14.6 Å². The molecule has 3 heteroatoms. The molecule has 12 heavy (non-hydrogen) atoms. The number of hydrogen-bond donors (Lipinski definition) is 1. The summed E-state index contributed by atoms with van der Waals surface area (Å²) in [6.07, 6.45) is 2.09. The van der Waals surface area contributed by atoms with Gasteiger partial charge in [0.1, 0.15) is 0 Å². The number of hydrogen-bond acceptors (Lipinski definition) is 3. The second-order valence-corrected chi connectivity index (χ2v) is 2.93. The van der Waals surface area contributed by atoms with E-state index < -0.39 is 5.79 Å². The van der Waals surface area contributed by atoms with E-state index >= 15 is 0 Å². The largest absolute Gasteiger partial charge is 0.391 e. The summed E-state index contributed by atoms with van der Waals surface area (Å²) in [5.74, 6) is -0.802. The first-order valence-electron chi connectivity index (χ1n) is 4.57. The average molecular weight is 176 g/mol. The quantitative estimate of drug-likeness (QED) is 0.472. The first-order valence-corrected chi connectivity index (χ1v) is 4.57. The Labute approximate surface area is 74.7 Å². The van der Waals surface area contributed by atoms with Crippen molar-refractivity contribution in [1.29, 1.82) is 0 Å². The predicted molar refractivity (Wildman–Crippen MR) is 48.0 cm³/mol. The summed E-state index contributed by atoms with van der Waals surface area (Å²) in [7, 11) is 0. The standard InChI is InChI=1S/C9H20O3/c1-4-6-7-12-9(3,8-10)11-5-2/h10H,4-8H2,1-3H3. The lowest BCUT2D eigenvalue weighted by Gasteiger charge is -2.27. The fourth-order valence-electron chi connectivity index (χ4n) is 0.871. The van der Waals surface area contributed by atoms with Gasteiger partial charge in [0.15, 0.2) is 5.79 Å². The van der Waals surface area contributed by atoms with Gasteiger partial charge in [-0.05, 0) is 20.3 Å². The molecule has 1 atom stereocenters. The zero-order valence-corrected chi connectivity index (χ0v) is 8.30. The van der Waals surface area contributed by atoms with Crippen LogP contribution < -0.4 is 0 Å².